The van der Waals surface area contributed by atoms with Crippen molar-refractivity contribution in [2.24, 2.45) is 13.0 Å². The van der Waals surface area contributed by atoms with Gasteiger partial charge in [0.25, 0.3) is 5.91 Å². The number of piperidine rings is 1. The van der Waals surface area contributed by atoms with Crippen molar-refractivity contribution in [3.05, 3.63) is 45.9 Å². The average molecular weight is 612 g/mol. The fourth-order valence-corrected chi connectivity index (χ4v) is 4.84. The van der Waals surface area contributed by atoms with Gasteiger partial charge in [-0.15, -0.1) is 0 Å². The number of aromatic nitrogens is 2. The van der Waals surface area contributed by atoms with Crippen LogP contribution < -0.4 is 15.5 Å². The van der Waals surface area contributed by atoms with Gasteiger partial charge in [0, 0.05) is 26.7 Å². The maximum absolute atomic E-state index is 13.3. The molecule has 0 saturated carbocycles. The zero-order valence-electron chi connectivity index (χ0n) is 21.2. The topological polar surface area (TPSA) is 82.4 Å². The number of imidazole rings is 1. The Balaban J connectivity index is 1.56. The van der Waals surface area contributed by atoms with Crippen LogP contribution in [0.5, 0.6) is 0 Å². The number of benzene rings is 2. The van der Waals surface area contributed by atoms with Gasteiger partial charge in [-0.2, -0.15) is 26.3 Å². The minimum atomic E-state index is -5.15. The fourth-order valence-electron chi connectivity index (χ4n) is 4.40. The monoisotopic (exact) mass is 611 g/mol. The lowest BCUT2D eigenvalue weighted by Crippen LogP contribution is -2.54. The number of carbonyl (C=O) groups excluding carboxylic acids is 1. The van der Waals surface area contributed by atoms with E-state index >= 15 is 0 Å². The van der Waals surface area contributed by atoms with Crippen molar-refractivity contribution in [2.75, 3.05) is 23.3 Å². The molecule has 1 fully saturated rings. The highest BCUT2D eigenvalue weighted by Gasteiger charge is 2.55. The summed E-state index contributed by atoms with van der Waals surface area (Å²) in [6.45, 7) is 0.265. The van der Waals surface area contributed by atoms with Crippen LogP contribution in [0.25, 0.3) is 11.0 Å². The Morgan fingerprint density at radius 3 is 2.48 bits per heavy atom. The lowest BCUT2D eigenvalue weighted by molar-refractivity contribution is -0.245. The zero-order chi connectivity index (χ0) is 29.6. The van der Waals surface area contributed by atoms with Gasteiger partial charge in [-0.3, -0.25) is 4.79 Å². The second-order valence-corrected chi connectivity index (χ2v) is 10.6. The highest BCUT2D eigenvalue weighted by atomic mass is 35.5. The molecule has 218 valence electrons. The van der Waals surface area contributed by atoms with E-state index in [0.29, 0.717) is 53.8 Å². The van der Waals surface area contributed by atoms with Gasteiger partial charge in [0.2, 0.25) is 11.5 Å². The summed E-state index contributed by atoms with van der Waals surface area (Å²) in [7, 11) is 1.68. The van der Waals surface area contributed by atoms with Gasteiger partial charge in [-0.05, 0) is 49.6 Å². The molecule has 1 aromatic heterocycles. The summed E-state index contributed by atoms with van der Waals surface area (Å²) in [4.78, 5) is 18.0. The number of aliphatic hydroxyl groups is 1. The van der Waals surface area contributed by atoms with Gasteiger partial charge in [0.05, 0.1) is 38.4 Å². The molecule has 7 nitrogen and oxygen atoms in total. The van der Waals surface area contributed by atoms with E-state index in [1.807, 2.05) is 0 Å². The standard InChI is InChI=1S/C25H25Cl2F6N5O2/c1-23(40,25(31,32)33)21(39)34-11-13-5-6-15(26)17(8-13)35-22-36-18-9-16(27)19(10-20(18)37(22)2)38-7-3-4-14(12-38)24(28,29)30/h5-6,8-10,14,40H,3-4,7,11-12H2,1-2H3,(H,34,39)(H,35,36). The zero-order valence-corrected chi connectivity index (χ0v) is 22.7. The lowest BCUT2D eigenvalue weighted by atomic mass is 9.97. The summed E-state index contributed by atoms with van der Waals surface area (Å²) in [5.41, 5.74) is -1.34. The van der Waals surface area contributed by atoms with Crippen molar-refractivity contribution in [1.82, 2.24) is 14.9 Å². The molecule has 15 heteroatoms. The first-order valence-corrected chi connectivity index (χ1v) is 12.8. The van der Waals surface area contributed by atoms with E-state index in [-0.39, 0.29) is 29.6 Å². The first-order chi connectivity index (χ1) is 18.5. The normalized spacial score (nSPS) is 18.1. The molecule has 0 aliphatic carbocycles. The van der Waals surface area contributed by atoms with Gasteiger partial charge in [-0.25, -0.2) is 4.98 Å². The Labute approximate surface area is 235 Å². The summed E-state index contributed by atoms with van der Waals surface area (Å²) in [6, 6.07) is 7.69. The van der Waals surface area contributed by atoms with Crippen LogP contribution in [0.3, 0.4) is 0 Å². The number of alkyl halides is 6. The van der Waals surface area contributed by atoms with Crippen LogP contribution in [0.2, 0.25) is 10.0 Å². The smallest absolute Gasteiger partial charge is 0.373 e. The highest BCUT2D eigenvalue weighted by Crippen LogP contribution is 2.39. The summed E-state index contributed by atoms with van der Waals surface area (Å²) in [5, 5.41) is 15.1. The molecule has 2 aromatic carbocycles. The number of carbonyl (C=O) groups is 1. The third-order valence-corrected chi connectivity index (χ3v) is 7.53. The molecule has 1 amide bonds. The minimum Gasteiger partial charge on any atom is -0.373 e. The molecular weight excluding hydrogens is 587 g/mol. The second-order valence-electron chi connectivity index (χ2n) is 9.81. The van der Waals surface area contributed by atoms with Crippen LogP contribution in [0.15, 0.2) is 30.3 Å². The molecular formula is C25H25Cl2F6N5O2. The maximum atomic E-state index is 13.3. The largest absolute Gasteiger partial charge is 0.426 e. The maximum Gasteiger partial charge on any atom is 0.426 e. The van der Waals surface area contributed by atoms with Crippen molar-refractivity contribution in [1.29, 1.82) is 0 Å². The molecule has 0 radical (unpaired) electrons. The van der Waals surface area contributed by atoms with Gasteiger partial charge in [0.1, 0.15) is 0 Å². The fraction of sp³-hybridized carbons (Fsp3) is 0.440. The third kappa shape index (κ3) is 6.06. The molecule has 3 N–H and O–H groups in total. The second kappa shape index (κ2) is 10.8. The molecule has 2 unspecified atom stereocenters. The van der Waals surface area contributed by atoms with Crippen molar-refractivity contribution in [2.45, 2.75) is 44.3 Å². The number of fused-ring (bicyclic) bond motifs is 1. The van der Waals surface area contributed by atoms with E-state index in [1.165, 1.54) is 18.2 Å². The SMILES string of the molecule is Cn1c(Nc2cc(CNC(=O)C(C)(O)C(F)(F)F)ccc2Cl)nc2cc(Cl)c(N3CCCC(C(F)(F)F)C3)cc21. The highest BCUT2D eigenvalue weighted by molar-refractivity contribution is 6.34. The number of amides is 1. The van der Waals surface area contributed by atoms with Crippen LogP contribution in [0.1, 0.15) is 25.3 Å². The predicted octanol–water partition coefficient (Wildman–Crippen LogP) is 6.33. The molecule has 0 spiro atoms. The van der Waals surface area contributed by atoms with Gasteiger partial charge < -0.3 is 25.2 Å². The number of nitrogens with zero attached hydrogens (tertiary/aromatic N) is 3. The van der Waals surface area contributed by atoms with Crippen molar-refractivity contribution < 1.29 is 36.2 Å². The number of anilines is 3. The van der Waals surface area contributed by atoms with Gasteiger partial charge in [-0.1, -0.05) is 29.3 Å². The molecule has 4 rings (SSSR count). The van der Waals surface area contributed by atoms with Crippen LogP contribution in [-0.2, 0) is 18.4 Å². The van der Waals surface area contributed by atoms with Crippen molar-refractivity contribution in [3.8, 4) is 0 Å². The molecule has 1 aliphatic heterocycles. The average Bonchev–Trinajstić information content (AvgIpc) is 3.16. The Kier molecular flexibility index (Phi) is 8.14. The van der Waals surface area contributed by atoms with Crippen LogP contribution in [0.4, 0.5) is 43.7 Å². The lowest BCUT2D eigenvalue weighted by Gasteiger charge is -2.35. The van der Waals surface area contributed by atoms with E-state index in [1.54, 1.807) is 28.6 Å². The summed E-state index contributed by atoms with van der Waals surface area (Å²) < 4.78 is 80.4. The van der Waals surface area contributed by atoms with E-state index in [0.717, 1.165) is 0 Å². The predicted molar refractivity (Wildman–Crippen MR) is 140 cm³/mol. The third-order valence-electron chi connectivity index (χ3n) is 6.90. The van der Waals surface area contributed by atoms with E-state index in [4.69, 9.17) is 23.2 Å². The molecule has 1 saturated heterocycles. The first kappa shape index (κ1) is 30.1. The summed E-state index contributed by atoms with van der Waals surface area (Å²) >= 11 is 12.7. The Hall–Kier alpha value is -2.90. The Morgan fingerprint density at radius 1 is 1.12 bits per heavy atom. The molecule has 1 aliphatic rings. The molecule has 2 heterocycles. The molecule has 40 heavy (non-hydrogen) atoms. The Bertz CT molecular complexity index is 1420. The first-order valence-electron chi connectivity index (χ1n) is 12.1. The van der Waals surface area contributed by atoms with E-state index in [9.17, 15) is 36.2 Å². The quantitative estimate of drug-likeness (QED) is 0.284. The van der Waals surface area contributed by atoms with Gasteiger partial charge >= 0.3 is 12.4 Å². The van der Waals surface area contributed by atoms with E-state index in [2.05, 4.69) is 15.6 Å². The Morgan fingerprint density at radius 2 is 1.82 bits per heavy atom. The minimum absolute atomic E-state index is 0.0603. The number of hydrogen-bond acceptors (Lipinski definition) is 5. The number of nitrogens with one attached hydrogen (secondary N) is 2. The number of halogens is 8. The molecule has 0 bridgehead atoms. The number of aryl methyl sites for hydroxylation is 1. The van der Waals surface area contributed by atoms with Crippen molar-refractivity contribution >= 4 is 57.5 Å². The number of hydrogen-bond donors (Lipinski definition) is 3. The summed E-state index contributed by atoms with van der Waals surface area (Å²) in [6.07, 6.45) is -9.02. The number of rotatable bonds is 6. The van der Waals surface area contributed by atoms with Crippen LogP contribution >= 0.6 is 23.2 Å². The van der Waals surface area contributed by atoms with Crippen LogP contribution in [-0.4, -0.2) is 51.6 Å². The van der Waals surface area contributed by atoms with Crippen molar-refractivity contribution in [3.63, 3.8) is 0 Å². The molecule has 3 aromatic rings. The van der Waals surface area contributed by atoms with Crippen LogP contribution in [0, 0.1) is 5.92 Å². The molecule has 2 atom stereocenters. The van der Waals surface area contributed by atoms with E-state index < -0.39 is 29.8 Å². The summed E-state index contributed by atoms with van der Waals surface area (Å²) in [5.74, 6) is -2.75. The van der Waals surface area contributed by atoms with Gasteiger partial charge in [0.15, 0.2) is 0 Å².